The van der Waals surface area contributed by atoms with Gasteiger partial charge in [-0.05, 0) is 35.9 Å². The number of aliphatic hydroxyl groups is 2. The van der Waals surface area contributed by atoms with Crippen molar-refractivity contribution in [3.8, 4) is 0 Å². The molecule has 0 unspecified atom stereocenters. The maximum absolute atomic E-state index is 12.0. The fourth-order valence-corrected chi connectivity index (χ4v) is 5.04. The van der Waals surface area contributed by atoms with Crippen LogP contribution in [0.3, 0.4) is 0 Å². The number of halogens is 1. The maximum Gasteiger partial charge on any atom is 0.354 e. The first-order valence-corrected chi connectivity index (χ1v) is 13.6. The lowest BCUT2D eigenvalue weighted by Crippen LogP contribution is -2.35. The molecule has 5 N–H and O–H groups in total. The van der Waals surface area contributed by atoms with E-state index < -0.39 is 38.0 Å². The molecule has 5 atom stereocenters. The molecule has 2 fully saturated rings. The van der Waals surface area contributed by atoms with E-state index in [1.807, 2.05) is 0 Å². The van der Waals surface area contributed by atoms with E-state index in [1.165, 1.54) is 10.9 Å². The Labute approximate surface area is 211 Å². The van der Waals surface area contributed by atoms with Crippen LogP contribution in [0.15, 0.2) is 36.5 Å². The number of hydrogen-bond acceptors (Lipinski definition) is 9. The lowest BCUT2D eigenvalue weighted by Gasteiger charge is -2.22. The number of aliphatic hydroxyl groups excluding tert-OH is 2. The zero-order chi connectivity index (χ0) is 25.4. The van der Waals surface area contributed by atoms with E-state index in [2.05, 4.69) is 20.4 Å². The van der Waals surface area contributed by atoms with Gasteiger partial charge in [-0.3, -0.25) is 4.57 Å². The zero-order valence-corrected chi connectivity index (χ0v) is 20.7. The molecule has 1 aliphatic heterocycles. The van der Waals surface area contributed by atoms with Gasteiger partial charge in [0, 0.05) is 13.0 Å². The number of anilines is 1. The Morgan fingerprint density at radius 3 is 2.64 bits per heavy atom. The van der Waals surface area contributed by atoms with Crippen molar-refractivity contribution in [2.24, 2.45) is 5.92 Å². The summed E-state index contributed by atoms with van der Waals surface area (Å²) in [6.45, 7) is 0.387. The van der Waals surface area contributed by atoms with Crippen LogP contribution in [0.4, 0.5) is 5.82 Å². The van der Waals surface area contributed by atoms with Gasteiger partial charge in [0.2, 0.25) is 5.28 Å². The highest BCUT2D eigenvalue weighted by Gasteiger charge is 2.46. The third-order valence-corrected chi connectivity index (χ3v) is 7.59. The van der Waals surface area contributed by atoms with Gasteiger partial charge in [-0.15, -0.1) is 0 Å². The third-order valence-electron chi connectivity index (χ3n) is 6.34. The van der Waals surface area contributed by atoms with Crippen molar-refractivity contribution < 1.29 is 34.0 Å². The fraction of sp³-hybridized carbons (Fsp3) is 0.500. The Morgan fingerprint density at radius 1 is 1.19 bits per heavy atom. The molecule has 0 radical (unpaired) electrons. The molecule has 2 aromatic heterocycles. The van der Waals surface area contributed by atoms with E-state index in [0.717, 1.165) is 19.4 Å². The largest absolute Gasteiger partial charge is 0.387 e. The zero-order valence-electron chi connectivity index (χ0n) is 19.1. The minimum absolute atomic E-state index is 0.0131. The van der Waals surface area contributed by atoms with Crippen molar-refractivity contribution in [1.82, 2.24) is 19.7 Å². The minimum Gasteiger partial charge on any atom is -0.387 e. The van der Waals surface area contributed by atoms with Gasteiger partial charge in [0.25, 0.3) is 0 Å². The number of benzene rings is 1. The van der Waals surface area contributed by atoms with Gasteiger partial charge in [-0.25, -0.2) is 4.68 Å². The normalized spacial score (nSPS) is 25.4. The van der Waals surface area contributed by atoms with Crippen molar-refractivity contribution in [3.05, 3.63) is 47.4 Å². The molecule has 3 heterocycles. The van der Waals surface area contributed by atoms with E-state index in [0.29, 0.717) is 28.3 Å². The summed E-state index contributed by atoms with van der Waals surface area (Å²) in [7, 11) is -4.63. The number of fused-ring (bicyclic) bond motifs is 1. The van der Waals surface area contributed by atoms with Gasteiger partial charge < -0.3 is 34.8 Å². The molecule has 36 heavy (non-hydrogen) atoms. The maximum atomic E-state index is 12.0. The first-order valence-electron chi connectivity index (χ1n) is 11.6. The number of ether oxygens (including phenoxy) is 2. The highest BCUT2D eigenvalue weighted by atomic mass is 35.5. The molecular formula is C22H27ClN5O7P. The number of nitrogens with zero attached hydrogens (tertiary/aromatic N) is 4. The molecule has 1 saturated heterocycles. The molecule has 1 aromatic carbocycles. The second kappa shape index (κ2) is 10.3. The van der Waals surface area contributed by atoms with Crippen LogP contribution >= 0.6 is 19.2 Å². The summed E-state index contributed by atoms with van der Waals surface area (Å²) in [5.74, 6) is -0.330. The van der Waals surface area contributed by atoms with E-state index in [4.69, 9.17) is 21.1 Å². The number of hydrogen-bond donors (Lipinski definition) is 5. The van der Waals surface area contributed by atoms with E-state index >= 15 is 0 Å². The monoisotopic (exact) mass is 539 g/mol. The average Bonchev–Trinajstić information content (AvgIpc) is 3.52. The predicted octanol–water partition coefficient (Wildman–Crippen LogP) is 1.68. The Balaban J connectivity index is 1.31. The van der Waals surface area contributed by atoms with E-state index in [9.17, 15) is 24.6 Å². The Morgan fingerprint density at radius 2 is 1.94 bits per heavy atom. The summed E-state index contributed by atoms with van der Waals surface area (Å²) in [5.41, 5.74) is 0.991. The molecule has 0 spiro atoms. The summed E-state index contributed by atoms with van der Waals surface area (Å²) < 4.78 is 24.7. The first-order chi connectivity index (χ1) is 17.2. The molecule has 5 rings (SSSR count). The quantitative estimate of drug-likeness (QED) is 0.187. The standard InChI is InChI=1S/C22H27ClN5O7P/c23-22-26-19(24-9-13-6-7-13)14-10-25-28(20(14)27-22)21-18(30)17(29)15(35-21)11-34-16(36(31,32)33)8-12-4-2-1-3-5-12/h1-5,10,13,15-18,21,29-30H,6-9,11H2,(H,24,26,27)(H2,31,32,33)/t15-,16-,17-,18-,21-/m1/s1. The number of aromatic nitrogens is 4. The van der Waals surface area contributed by atoms with Crippen LogP contribution in [0.1, 0.15) is 24.6 Å². The molecule has 12 nitrogen and oxygen atoms in total. The van der Waals surface area contributed by atoms with Crippen LogP contribution in [0.25, 0.3) is 11.0 Å². The average molecular weight is 540 g/mol. The van der Waals surface area contributed by atoms with Crippen molar-refractivity contribution in [2.75, 3.05) is 18.5 Å². The molecule has 1 saturated carbocycles. The smallest absolute Gasteiger partial charge is 0.354 e. The summed E-state index contributed by atoms with van der Waals surface area (Å²) in [5, 5.41) is 29.4. The Hall–Kier alpha value is -2.15. The second-order valence-corrected chi connectivity index (χ2v) is 11.2. The van der Waals surface area contributed by atoms with Gasteiger partial charge >= 0.3 is 7.60 Å². The minimum atomic E-state index is -4.63. The van der Waals surface area contributed by atoms with Crippen LogP contribution in [0.5, 0.6) is 0 Å². The Kier molecular flexibility index (Phi) is 7.30. The van der Waals surface area contributed by atoms with Crippen molar-refractivity contribution >= 4 is 36.0 Å². The molecule has 194 valence electrons. The number of rotatable bonds is 10. The van der Waals surface area contributed by atoms with Gasteiger partial charge in [-0.2, -0.15) is 15.1 Å². The van der Waals surface area contributed by atoms with Gasteiger partial charge in [-0.1, -0.05) is 30.3 Å². The van der Waals surface area contributed by atoms with E-state index in [-0.39, 0.29) is 18.3 Å². The van der Waals surface area contributed by atoms with E-state index in [1.54, 1.807) is 30.3 Å². The molecule has 0 amide bonds. The van der Waals surface area contributed by atoms with Crippen LogP contribution in [-0.2, 0) is 20.5 Å². The summed E-state index contributed by atoms with van der Waals surface area (Å²) >= 11 is 6.13. The molecule has 3 aromatic rings. The fourth-order valence-electron chi connectivity index (χ4n) is 4.15. The van der Waals surface area contributed by atoms with Gasteiger partial charge in [0.15, 0.2) is 17.7 Å². The lowest BCUT2D eigenvalue weighted by molar-refractivity contribution is -0.0759. The molecule has 1 aliphatic carbocycles. The highest BCUT2D eigenvalue weighted by molar-refractivity contribution is 7.52. The van der Waals surface area contributed by atoms with Crippen molar-refractivity contribution in [1.29, 1.82) is 0 Å². The molecular weight excluding hydrogens is 513 g/mol. The SMILES string of the molecule is O=P(O)(O)[C@H](Cc1ccccc1)OC[C@H]1O[C@@H](n2ncc3c(NCC4CC4)nc(Cl)nc32)[C@H](O)[C@@H]1O. The molecule has 14 heteroatoms. The molecule has 0 bridgehead atoms. The van der Waals surface area contributed by atoms with Crippen LogP contribution < -0.4 is 5.32 Å². The van der Waals surface area contributed by atoms with Crippen LogP contribution in [0.2, 0.25) is 5.28 Å². The Bertz CT molecular complexity index is 1250. The van der Waals surface area contributed by atoms with Crippen LogP contribution in [-0.4, -0.2) is 77.1 Å². The summed E-state index contributed by atoms with van der Waals surface area (Å²) in [4.78, 5) is 28.0. The van der Waals surface area contributed by atoms with Crippen LogP contribution in [0, 0.1) is 5.92 Å². The summed E-state index contributed by atoms with van der Waals surface area (Å²) in [6, 6.07) is 8.78. The predicted molar refractivity (Wildman–Crippen MR) is 129 cm³/mol. The lowest BCUT2D eigenvalue weighted by atomic mass is 10.1. The van der Waals surface area contributed by atoms with Crippen molar-refractivity contribution in [3.63, 3.8) is 0 Å². The van der Waals surface area contributed by atoms with Gasteiger partial charge in [0.1, 0.15) is 24.1 Å². The molecule has 2 aliphatic rings. The topological polar surface area (TPSA) is 172 Å². The number of nitrogens with one attached hydrogen (secondary N) is 1. The third kappa shape index (κ3) is 5.56. The van der Waals surface area contributed by atoms with Gasteiger partial charge in [0.05, 0.1) is 18.2 Å². The second-order valence-electron chi connectivity index (χ2n) is 9.11. The van der Waals surface area contributed by atoms with Crippen molar-refractivity contribution in [2.45, 2.75) is 49.6 Å². The highest BCUT2D eigenvalue weighted by Crippen LogP contribution is 2.44. The summed E-state index contributed by atoms with van der Waals surface area (Å²) in [6.07, 6.45) is -1.19. The first kappa shape index (κ1) is 25.5.